The average molecular weight is 197 g/mol. The van der Waals surface area contributed by atoms with Crippen molar-refractivity contribution in [3.63, 3.8) is 0 Å². The summed E-state index contributed by atoms with van der Waals surface area (Å²) in [6.07, 6.45) is 4.89. The van der Waals surface area contributed by atoms with E-state index in [1.807, 2.05) is 33.3 Å². The molecule has 0 aliphatic rings. The molecule has 0 aliphatic heterocycles. The van der Waals surface area contributed by atoms with Crippen molar-refractivity contribution in [2.45, 2.75) is 32.4 Å². The van der Waals surface area contributed by atoms with Gasteiger partial charge in [0.1, 0.15) is 0 Å². The highest BCUT2D eigenvalue weighted by Crippen LogP contribution is 2.01. The molecular formula is C10H19N3O. The van der Waals surface area contributed by atoms with Crippen LogP contribution in [-0.4, -0.2) is 28.5 Å². The number of nitrogens with zero attached hydrogens (tertiary/aromatic N) is 2. The second kappa shape index (κ2) is 5.12. The van der Waals surface area contributed by atoms with Gasteiger partial charge in [0.25, 0.3) is 0 Å². The number of rotatable bonds is 5. The third-order valence-corrected chi connectivity index (χ3v) is 1.90. The standard InChI is InChI=1S/C10H19N3O/c1-8(2)14-7-10(11)4-9-5-12-13(3)6-9/h5-6,8,10H,4,7,11H2,1-3H3. The van der Waals surface area contributed by atoms with Crippen LogP contribution in [0.25, 0.3) is 0 Å². The van der Waals surface area contributed by atoms with Crippen molar-refractivity contribution in [1.82, 2.24) is 9.78 Å². The Bertz CT molecular complexity index is 270. The fourth-order valence-electron chi connectivity index (χ4n) is 1.26. The van der Waals surface area contributed by atoms with Crippen LogP contribution in [-0.2, 0) is 18.2 Å². The highest BCUT2D eigenvalue weighted by molar-refractivity contribution is 5.05. The second-order valence-corrected chi connectivity index (χ2v) is 3.87. The molecule has 1 rings (SSSR count). The number of nitrogens with two attached hydrogens (primary N) is 1. The Hall–Kier alpha value is -0.870. The summed E-state index contributed by atoms with van der Waals surface area (Å²) in [7, 11) is 1.90. The minimum Gasteiger partial charge on any atom is -0.377 e. The molecule has 1 aromatic rings. The molecule has 0 bridgehead atoms. The maximum absolute atomic E-state index is 5.90. The number of aryl methyl sites for hydroxylation is 1. The summed E-state index contributed by atoms with van der Waals surface area (Å²) in [5, 5.41) is 4.09. The van der Waals surface area contributed by atoms with Crippen LogP contribution in [0, 0.1) is 0 Å². The van der Waals surface area contributed by atoms with Gasteiger partial charge in [-0.05, 0) is 25.8 Å². The SMILES string of the molecule is CC(C)OCC(N)Cc1cnn(C)c1. The predicted octanol–water partition coefficient (Wildman–Crippen LogP) is 0.715. The van der Waals surface area contributed by atoms with Crippen LogP contribution >= 0.6 is 0 Å². The highest BCUT2D eigenvalue weighted by atomic mass is 16.5. The average Bonchev–Trinajstić information content (AvgIpc) is 2.48. The van der Waals surface area contributed by atoms with E-state index < -0.39 is 0 Å². The molecule has 4 nitrogen and oxygen atoms in total. The number of ether oxygens (including phenoxy) is 1. The summed E-state index contributed by atoms with van der Waals surface area (Å²) >= 11 is 0. The van der Waals surface area contributed by atoms with Gasteiger partial charge in [-0.3, -0.25) is 4.68 Å². The van der Waals surface area contributed by atoms with Gasteiger partial charge in [-0.15, -0.1) is 0 Å². The van der Waals surface area contributed by atoms with E-state index in [1.54, 1.807) is 4.68 Å². The number of aromatic nitrogens is 2. The quantitative estimate of drug-likeness (QED) is 0.756. The summed E-state index contributed by atoms with van der Waals surface area (Å²) in [4.78, 5) is 0. The van der Waals surface area contributed by atoms with E-state index >= 15 is 0 Å². The molecule has 1 heterocycles. The molecule has 0 amide bonds. The molecule has 14 heavy (non-hydrogen) atoms. The van der Waals surface area contributed by atoms with Gasteiger partial charge in [0, 0.05) is 19.3 Å². The molecule has 80 valence electrons. The molecule has 1 unspecified atom stereocenters. The zero-order valence-corrected chi connectivity index (χ0v) is 9.10. The van der Waals surface area contributed by atoms with Gasteiger partial charge in [0.15, 0.2) is 0 Å². The van der Waals surface area contributed by atoms with E-state index in [0.29, 0.717) is 6.61 Å². The van der Waals surface area contributed by atoms with Crippen molar-refractivity contribution in [2.75, 3.05) is 6.61 Å². The predicted molar refractivity (Wildman–Crippen MR) is 56.0 cm³/mol. The zero-order valence-electron chi connectivity index (χ0n) is 9.10. The molecule has 0 radical (unpaired) electrons. The van der Waals surface area contributed by atoms with Gasteiger partial charge in [-0.25, -0.2) is 0 Å². The zero-order chi connectivity index (χ0) is 10.6. The summed E-state index contributed by atoms with van der Waals surface area (Å²) in [6.45, 7) is 4.63. The van der Waals surface area contributed by atoms with Gasteiger partial charge in [0.2, 0.25) is 0 Å². The fraction of sp³-hybridized carbons (Fsp3) is 0.700. The van der Waals surface area contributed by atoms with E-state index in [-0.39, 0.29) is 12.1 Å². The Morgan fingerprint density at radius 3 is 2.79 bits per heavy atom. The fourth-order valence-corrected chi connectivity index (χ4v) is 1.26. The van der Waals surface area contributed by atoms with Crippen LogP contribution in [0.5, 0.6) is 0 Å². The molecule has 0 saturated carbocycles. The summed E-state index contributed by atoms with van der Waals surface area (Å²) < 4.78 is 7.21. The largest absolute Gasteiger partial charge is 0.377 e. The summed E-state index contributed by atoms with van der Waals surface area (Å²) in [5.74, 6) is 0. The van der Waals surface area contributed by atoms with Crippen molar-refractivity contribution in [3.05, 3.63) is 18.0 Å². The third kappa shape index (κ3) is 3.89. The first-order chi connectivity index (χ1) is 6.58. The summed E-state index contributed by atoms with van der Waals surface area (Å²) in [5.41, 5.74) is 7.06. The Kier molecular flexibility index (Phi) is 4.10. The van der Waals surface area contributed by atoms with Gasteiger partial charge in [-0.2, -0.15) is 5.10 Å². The smallest absolute Gasteiger partial charge is 0.0624 e. The van der Waals surface area contributed by atoms with Crippen LogP contribution in [0.1, 0.15) is 19.4 Å². The molecule has 2 N–H and O–H groups in total. The van der Waals surface area contributed by atoms with Crippen LogP contribution < -0.4 is 5.73 Å². The van der Waals surface area contributed by atoms with E-state index in [1.165, 1.54) is 0 Å². The van der Waals surface area contributed by atoms with Crippen molar-refractivity contribution in [1.29, 1.82) is 0 Å². The Balaban J connectivity index is 2.30. The number of hydrogen-bond donors (Lipinski definition) is 1. The lowest BCUT2D eigenvalue weighted by Crippen LogP contribution is -2.29. The first-order valence-electron chi connectivity index (χ1n) is 4.92. The first-order valence-corrected chi connectivity index (χ1v) is 4.92. The van der Waals surface area contributed by atoms with E-state index in [9.17, 15) is 0 Å². The van der Waals surface area contributed by atoms with Gasteiger partial charge in [-0.1, -0.05) is 0 Å². The monoisotopic (exact) mass is 197 g/mol. The highest BCUT2D eigenvalue weighted by Gasteiger charge is 2.06. The van der Waals surface area contributed by atoms with Crippen molar-refractivity contribution in [2.24, 2.45) is 12.8 Å². The molecular weight excluding hydrogens is 178 g/mol. The van der Waals surface area contributed by atoms with E-state index in [4.69, 9.17) is 10.5 Å². The molecule has 0 aromatic carbocycles. The van der Waals surface area contributed by atoms with Crippen molar-refractivity contribution in [3.8, 4) is 0 Å². The molecule has 4 heteroatoms. The molecule has 1 atom stereocenters. The molecule has 0 saturated heterocycles. The minimum atomic E-state index is 0.0570. The van der Waals surface area contributed by atoms with Crippen LogP contribution in [0.2, 0.25) is 0 Å². The normalized spacial score (nSPS) is 13.5. The van der Waals surface area contributed by atoms with Gasteiger partial charge >= 0.3 is 0 Å². The van der Waals surface area contributed by atoms with E-state index in [2.05, 4.69) is 5.10 Å². The van der Waals surface area contributed by atoms with E-state index in [0.717, 1.165) is 12.0 Å². The van der Waals surface area contributed by atoms with Crippen LogP contribution in [0.4, 0.5) is 0 Å². The Labute approximate surface area is 85.0 Å². The molecule has 0 spiro atoms. The maximum atomic E-state index is 5.90. The first kappa shape index (κ1) is 11.2. The maximum Gasteiger partial charge on any atom is 0.0624 e. The number of hydrogen-bond acceptors (Lipinski definition) is 3. The third-order valence-electron chi connectivity index (χ3n) is 1.90. The summed E-state index contributed by atoms with van der Waals surface area (Å²) in [6, 6.07) is 0.0570. The van der Waals surface area contributed by atoms with Crippen LogP contribution in [0.3, 0.4) is 0 Å². The molecule has 1 aromatic heterocycles. The second-order valence-electron chi connectivity index (χ2n) is 3.87. The van der Waals surface area contributed by atoms with Gasteiger partial charge < -0.3 is 10.5 Å². The lowest BCUT2D eigenvalue weighted by atomic mass is 10.1. The van der Waals surface area contributed by atoms with Gasteiger partial charge in [0.05, 0.1) is 18.9 Å². The topological polar surface area (TPSA) is 53.1 Å². The molecule has 0 fully saturated rings. The van der Waals surface area contributed by atoms with Crippen molar-refractivity contribution < 1.29 is 4.74 Å². The van der Waals surface area contributed by atoms with Crippen LogP contribution in [0.15, 0.2) is 12.4 Å². The Morgan fingerprint density at radius 2 is 2.29 bits per heavy atom. The van der Waals surface area contributed by atoms with Crippen molar-refractivity contribution >= 4 is 0 Å². The lowest BCUT2D eigenvalue weighted by Gasteiger charge is -2.13. The Morgan fingerprint density at radius 1 is 1.57 bits per heavy atom. The minimum absolute atomic E-state index is 0.0570. The lowest BCUT2D eigenvalue weighted by molar-refractivity contribution is 0.0684. The molecule has 0 aliphatic carbocycles.